The molecule has 2 fully saturated rings. The number of piperidine rings is 1. The number of nitrogens with one attached hydrogen (secondary N) is 1. The molecule has 1 aliphatic heterocycles. The van der Waals surface area contributed by atoms with E-state index < -0.39 is 0 Å². The predicted molar refractivity (Wildman–Crippen MR) is 82.0 cm³/mol. The van der Waals surface area contributed by atoms with E-state index in [0.29, 0.717) is 17.4 Å². The van der Waals surface area contributed by atoms with Gasteiger partial charge in [-0.3, -0.25) is 14.9 Å². The van der Waals surface area contributed by atoms with Gasteiger partial charge in [0.2, 0.25) is 11.8 Å². The summed E-state index contributed by atoms with van der Waals surface area (Å²) in [7, 11) is 0. The second-order valence-electron chi connectivity index (χ2n) is 6.59. The predicted octanol–water partition coefficient (Wildman–Crippen LogP) is 3.67. The Balaban J connectivity index is 2.03. The highest BCUT2D eigenvalue weighted by Gasteiger charge is 2.50. The van der Waals surface area contributed by atoms with Gasteiger partial charge in [-0.05, 0) is 35.8 Å². The van der Waals surface area contributed by atoms with E-state index in [1.165, 1.54) is 0 Å². The van der Waals surface area contributed by atoms with Gasteiger partial charge < -0.3 is 0 Å². The monoisotopic (exact) mass is 305 g/mol. The number of imide groups is 1. The van der Waals surface area contributed by atoms with Crippen molar-refractivity contribution in [2.24, 2.45) is 11.3 Å². The molecule has 3 nitrogen and oxygen atoms in total. The molecule has 2 aliphatic rings. The van der Waals surface area contributed by atoms with Crippen LogP contribution in [0.1, 0.15) is 50.5 Å². The lowest BCUT2D eigenvalue weighted by atomic mass is 9.59. The lowest BCUT2D eigenvalue weighted by Gasteiger charge is -2.46. The van der Waals surface area contributed by atoms with Gasteiger partial charge in [-0.15, -0.1) is 0 Å². The largest absolute Gasteiger partial charge is 0.296 e. The molecule has 1 heterocycles. The van der Waals surface area contributed by atoms with Gasteiger partial charge in [-0.2, -0.15) is 0 Å². The minimum absolute atomic E-state index is 0.141. The Labute approximate surface area is 130 Å². The van der Waals surface area contributed by atoms with Crippen LogP contribution < -0.4 is 5.32 Å². The van der Waals surface area contributed by atoms with Crippen molar-refractivity contribution in [1.29, 1.82) is 0 Å². The first-order valence-electron chi connectivity index (χ1n) is 7.60. The van der Waals surface area contributed by atoms with Gasteiger partial charge in [-0.1, -0.05) is 49.6 Å². The molecule has 1 spiro atoms. The van der Waals surface area contributed by atoms with Gasteiger partial charge in [0, 0.05) is 11.4 Å². The molecular weight excluding hydrogens is 286 g/mol. The van der Waals surface area contributed by atoms with Crippen molar-refractivity contribution in [3.8, 4) is 0 Å². The maximum Gasteiger partial charge on any atom is 0.234 e. The number of carbonyl (C=O) groups excluding carboxylic acids is 2. The molecule has 1 unspecified atom stereocenters. The molecule has 0 radical (unpaired) electrons. The summed E-state index contributed by atoms with van der Waals surface area (Å²) in [5.74, 6) is 0.0331. The highest BCUT2D eigenvalue weighted by atomic mass is 35.5. The molecule has 2 amide bonds. The minimum atomic E-state index is -0.309. The molecule has 1 N–H and O–H groups in total. The first-order valence-corrected chi connectivity index (χ1v) is 7.98. The van der Waals surface area contributed by atoms with Crippen LogP contribution in [0.5, 0.6) is 0 Å². The van der Waals surface area contributed by atoms with Crippen LogP contribution in [-0.2, 0) is 9.59 Å². The van der Waals surface area contributed by atoms with Gasteiger partial charge in [0.05, 0.1) is 5.92 Å². The lowest BCUT2D eigenvalue weighted by molar-refractivity contribution is -0.141. The zero-order valence-electron chi connectivity index (χ0n) is 12.2. The van der Waals surface area contributed by atoms with E-state index in [2.05, 4.69) is 12.2 Å². The zero-order valence-corrected chi connectivity index (χ0v) is 13.0. The molecule has 4 heteroatoms. The van der Waals surface area contributed by atoms with E-state index in [1.54, 1.807) is 0 Å². The standard InChI is InChI=1S/C17H20ClNO2/c1-11-6-8-17(9-7-11)10-14(20)19-16(21)15(17)12-4-2-3-5-13(12)18/h2-5,11,15H,6-10H2,1H3,(H,19,20,21). The molecule has 1 aromatic rings. The third kappa shape index (κ3) is 2.59. The van der Waals surface area contributed by atoms with Crippen molar-refractivity contribution in [2.45, 2.75) is 44.9 Å². The second kappa shape index (κ2) is 5.45. The van der Waals surface area contributed by atoms with Crippen molar-refractivity contribution in [1.82, 2.24) is 5.32 Å². The summed E-state index contributed by atoms with van der Waals surface area (Å²) >= 11 is 6.33. The highest BCUT2D eigenvalue weighted by molar-refractivity contribution is 6.31. The molecule has 0 bridgehead atoms. The number of benzene rings is 1. The topological polar surface area (TPSA) is 46.2 Å². The van der Waals surface area contributed by atoms with Gasteiger partial charge in [0.25, 0.3) is 0 Å². The van der Waals surface area contributed by atoms with Crippen LogP contribution >= 0.6 is 11.6 Å². The fourth-order valence-corrected chi connectivity index (χ4v) is 4.18. The van der Waals surface area contributed by atoms with Crippen LogP contribution in [0.2, 0.25) is 5.02 Å². The molecule has 112 valence electrons. The Hall–Kier alpha value is -1.35. The number of amides is 2. The van der Waals surface area contributed by atoms with E-state index >= 15 is 0 Å². The number of hydrogen-bond acceptors (Lipinski definition) is 2. The molecule has 1 saturated carbocycles. The average molecular weight is 306 g/mol. The Kier molecular flexibility index (Phi) is 3.78. The van der Waals surface area contributed by atoms with Gasteiger partial charge in [-0.25, -0.2) is 0 Å². The van der Waals surface area contributed by atoms with Crippen LogP contribution in [-0.4, -0.2) is 11.8 Å². The Morgan fingerprint density at radius 2 is 1.86 bits per heavy atom. The summed E-state index contributed by atoms with van der Waals surface area (Å²) in [5, 5.41) is 3.12. The molecule has 1 aliphatic carbocycles. The van der Waals surface area contributed by atoms with E-state index in [-0.39, 0.29) is 23.1 Å². The number of carbonyl (C=O) groups is 2. The van der Waals surface area contributed by atoms with Crippen molar-refractivity contribution >= 4 is 23.4 Å². The number of rotatable bonds is 1. The van der Waals surface area contributed by atoms with Crippen molar-refractivity contribution in [3.05, 3.63) is 34.9 Å². The lowest BCUT2D eigenvalue weighted by Crippen LogP contribution is -2.52. The van der Waals surface area contributed by atoms with Gasteiger partial charge >= 0.3 is 0 Å². The second-order valence-corrected chi connectivity index (χ2v) is 7.00. The van der Waals surface area contributed by atoms with Crippen LogP contribution in [0.25, 0.3) is 0 Å². The smallest absolute Gasteiger partial charge is 0.234 e. The first kappa shape index (κ1) is 14.6. The fourth-order valence-electron chi connectivity index (χ4n) is 3.94. The maximum absolute atomic E-state index is 12.5. The SMILES string of the molecule is CC1CCC2(CC1)CC(=O)NC(=O)C2c1ccccc1Cl. The quantitative estimate of drug-likeness (QED) is 0.805. The third-order valence-electron chi connectivity index (χ3n) is 5.14. The van der Waals surface area contributed by atoms with Gasteiger partial charge in [0.15, 0.2) is 0 Å². The number of hydrogen-bond donors (Lipinski definition) is 1. The van der Waals surface area contributed by atoms with Crippen LogP contribution in [0, 0.1) is 11.3 Å². The Morgan fingerprint density at radius 1 is 1.19 bits per heavy atom. The summed E-state index contributed by atoms with van der Waals surface area (Å²) in [6.07, 6.45) is 4.41. The molecule has 1 atom stereocenters. The van der Waals surface area contributed by atoms with Crippen LogP contribution in [0.15, 0.2) is 24.3 Å². The summed E-state index contributed by atoms with van der Waals surface area (Å²) in [6.45, 7) is 2.24. The molecule has 1 aromatic carbocycles. The van der Waals surface area contributed by atoms with Crippen LogP contribution in [0.4, 0.5) is 0 Å². The Morgan fingerprint density at radius 3 is 2.52 bits per heavy atom. The zero-order chi connectivity index (χ0) is 15.0. The number of halogens is 1. The van der Waals surface area contributed by atoms with Crippen molar-refractivity contribution < 1.29 is 9.59 Å². The maximum atomic E-state index is 12.5. The molecule has 3 rings (SSSR count). The van der Waals surface area contributed by atoms with E-state index in [0.717, 1.165) is 31.2 Å². The van der Waals surface area contributed by atoms with Crippen molar-refractivity contribution in [3.63, 3.8) is 0 Å². The normalized spacial score (nSPS) is 33.0. The van der Waals surface area contributed by atoms with Crippen LogP contribution in [0.3, 0.4) is 0 Å². The average Bonchev–Trinajstić information content (AvgIpc) is 2.43. The minimum Gasteiger partial charge on any atom is -0.296 e. The van der Waals surface area contributed by atoms with E-state index in [9.17, 15) is 9.59 Å². The summed E-state index contributed by atoms with van der Waals surface area (Å²) in [5.41, 5.74) is 0.607. The van der Waals surface area contributed by atoms with E-state index in [4.69, 9.17) is 11.6 Å². The molecular formula is C17H20ClNO2. The summed E-state index contributed by atoms with van der Waals surface area (Å²) < 4.78 is 0. The molecule has 1 saturated heterocycles. The van der Waals surface area contributed by atoms with Gasteiger partial charge in [0.1, 0.15) is 0 Å². The van der Waals surface area contributed by atoms with E-state index in [1.807, 2.05) is 24.3 Å². The third-order valence-corrected chi connectivity index (χ3v) is 5.48. The fraction of sp³-hybridized carbons (Fsp3) is 0.529. The highest BCUT2D eigenvalue weighted by Crippen LogP contribution is 2.53. The molecule has 21 heavy (non-hydrogen) atoms. The molecule has 0 aromatic heterocycles. The van der Waals surface area contributed by atoms with Crippen molar-refractivity contribution in [2.75, 3.05) is 0 Å². The summed E-state index contributed by atoms with van der Waals surface area (Å²) in [6, 6.07) is 7.51. The Bertz CT molecular complexity index is 576. The summed E-state index contributed by atoms with van der Waals surface area (Å²) in [4.78, 5) is 24.4. The first-order chi connectivity index (χ1) is 10.0.